The summed E-state index contributed by atoms with van der Waals surface area (Å²) in [6, 6.07) is 5.32. The first-order valence-electron chi connectivity index (χ1n) is 6.34. The molecule has 19 heavy (non-hydrogen) atoms. The number of hydrogen-bond acceptors (Lipinski definition) is 4. The molecule has 1 aromatic rings. The topological polar surface area (TPSA) is 49.6 Å². The van der Waals surface area contributed by atoms with E-state index in [1.165, 1.54) is 6.07 Å². The summed E-state index contributed by atoms with van der Waals surface area (Å²) in [5, 5.41) is 11.5. The van der Waals surface area contributed by atoms with Crippen LogP contribution in [0.4, 0.5) is 11.4 Å². The average Bonchev–Trinajstić information content (AvgIpc) is 2.38. The van der Waals surface area contributed by atoms with Crippen molar-refractivity contribution in [2.24, 2.45) is 0 Å². The molecule has 1 aromatic carbocycles. The molecule has 1 saturated heterocycles. The molecule has 1 aliphatic rings. The lowest BCUT2D eigenvalue weighted by atomic mass is 10.0. The van der Waals surface area contributed by atoms with Gasteiger partial charge in [-0.2, -0.15) is 0 Å². The van der Waals surface area contributed by atoms with Crippen molar-refractivity contribution in [1.29, 1.82) is 0 Å². The molecular weight excluding hydrogens is 266 g/mol. The largest absolute Gasteiger partial charge is 0.364 e. The Morgan fingerprint density at radius 3 is 2.84 bits per heavy atom. The van der Waals surface area contributed by atoms with Crippen molar-refractivity contribution in [2.45, 2.75) is 18.9 Å². The summed E-state index contributed by atoms with van der Waals surface area (Å²) >= 11 is 5.85. The van der Waals surface area contributed by atoms with Crippen LogP contribution >= 0.6 is 11.6 Å². The van der Waals surface area contributed by atoms with Gasteiger partial charge in [-0.1, -0.05) is 11.6 Å². The first-order chi connectivity index (χ1) is 8.99. The molecule has 5 nitrogen and oxygen atoms in total. The first-order valence-corrected chi connectivity index (χ1v) is 6.72. The predicted molar refractivity (Wildman–Crippen MR) is 77.0 cm³/mol. The standard InChI is InChI=1S/C13H18ClN3O2/c1-15(2)11-4-3-7-16(9-11)12-6-5-10(14)8-13(12)17(18)19/h5-6,8,11H,3-4,7,9H2,1-2H3. The van der Waals surface area contributed by atoms with Crippen LogP contribution in [0.15, 0.2) is 18.2 Å². The highest BCUT2D eigenvalue weighted by Gasteiger charge is 2.26. The number of likely N-dealkylation sites (N-methyl/N-ethyl adjacent to an activating group) is 1. The summed E-state index contributed by atoms with van der Waals surface area (Å²) in [5.41, 5.74) is 0.757. The molecule has 2 rings (SSSR count). The lowest BCUT2D eigenvalue weighted by molar-refractivity contribution is -0.384. The van der Waals surface area contributed by atoms with E-state index in [9.17, 15) is 10.1 Å². The molecule has 0 spiro atoms. The average molecular weight is 284 g/mol. The number of nitro groups is 1. The van der Waals surface area contributed by atoms with Crippen LogP contribution in [0.5, 0.6) is 0 Å². The fourth-order valence-corrected chi connectivity index (χ4v) is 2.67. The smallest absolute Gasteiger partial charge is 0.294 e. The second kappa shape index (κ2) is 5.75. The van der Waals surface area contributed by atoms with E-state index in [0.29, 0.717) is 16.8 Å². The summed E-state index contributed by atoms with van der Waals surface area (Å²) in [7, 11) is 4.09. The van der Waals surface area contributed by atoms with Gasteiger partial charge in [0.2, 0.25) is 0 Å². The summed E-state index contributed by atoms with van der Waals surface area (Å²) in [6.45, 7) is 1.67. The van der Waals surface area contributed by atoms with Gasteiger partial charge in [0.15, 0.2) is 0 Å². The van der Waals surface area contributed by atoms with Crippen molar-refractivity contribution in [2.75, 3.05) is 32.1 Å². The fourth-order valence-electron chi connectivity index (χ4n) is 2.51. The Hall–Kier alpha value is -1.33. The number of piperidine rings is 1. The third-order valence-corrected chi connectivity index (χ3v) is 3.84. The van der Waals surface area contributed by atoms with Gasteiger partial charge in [-0.15, -0.1) is 0 Å². The van der Waals surface area contributed by atoms with E-state index in [1.54, 1.807) is 12.1 Å². The third-order valence-electron chi connectivity index (χ3n) is 3.60. The van der Waals surface area contributed by atoms with E-state index < -0.39 is 0 Å². The van der Waals surface area contributed by atoms with E-state index in [0.717, 1.165) is 25.9 Å². The van der Waals surface area contributed by atoms with Crippen LogP contribution in [-0.4, -0.2) is 43.0 Å². The SMILES string of the molecule is CN(C)C1CCCN(c2ccc(Cl)cc2[N+](=O)[O-])C1. The Bertz CT molecular complexity index is 479. The van der Waals surface area contributed by atoms with Gasteiger partial charge in [0.25, 0.3) is 5.69 Å². The van der Waals surface area contributed by atoms with E-state index in [4.69, 9.17) is 11.6 Å². The fraction of sp³-hybridized carbons (Fsp3) is 0.538. The molecule has 0 aromatic heterocycles. The summed E-state index contributed by atoms with van der Waals surface area (Å²) in [6.07, 6.45) is 2.17. The van der Waals surface area contributed by atoms with Gasteiger partial charge >= 0.3 is 0 Å². The van der Waals surface area contributed by atoms with Gasteiger partial charge in [-0.25, -0.2) is 0 Å². The molecular formula is C13H18ClN3O2. The Labute approximate surface area is 117 Å². The quantitative estimate of drug-likeness (QED) is 0.632. The van der Waals surface area contributed by atoms with Gasteiger partial charge in [0.1, 0.15) is 5.69 Å². The van der Waals surface area contributed by atoms with Gasteiger partial charge < -0.3 is 9.80 Å². The molecule has 6 heteroatoms. The Kier molecular flexibility index (Phi) is 4.27. The molecule has 1 aliphatic heterocycles. The van der Waals surface area contributed by atoms with Crippen LogP contribution in [0.25, 0.3) is 0 Å². The highest BCUT2D eigenvalue weighted by atomic mass is 35.5. The summed E-state index contributed by atoms with van der Waals surface area (Å²) < 4.78 is 0. The number of benzene rings is 1. The Morgan fingerprint density at radius 1 is 1.47 bits per heavy atom. The monoisotopic (exact) mass is 283 g/mol. The van der Waals surface area contributed by atoms with Crippen LogP contribution < -0.4 is 4.90 Å². The first kappa shape index (κ1) is 14.1. The minimum atomic E-state index is -0.361. The van der Waals surface area contributed by atoms with Gasteiger partial charge in [-0.3, -0.25) is 10.1 Å². The molecule has 0 aliphatic carbocycles. The summed E-state index contributed by atoms with van der Waals surface area (Å²) in [5.74, 6) is 0. The maximum Gasteiger partial charge on any atom is 0.294 e. The van der Waals surface area contributed by atoms with E-state index in [1.807, 2.05) is 14.1 Å². The van der Waals surface area contributed by atoms with Crippen molar-refractivity contribution in [3.8, 4) is 0 Å². The zero-order valence-corrected chi connectivity index (χ0v) is 11.9. The Morgan fingerprint density at radius 2 is 2.21 bits per heavy atom. The normalized spacial score (nSPS) is 19.8. The van der Waals surface area contributed by atoms with Crippen LogP contribution in [0.2, 0.25) is 5.02 Å². The maximum atomic E-state index is 11.1. The van der Waals surface area contributed by atoms with Gasteiger partial charge in [0, 0.05) is 30.2 Å². The summed E-state index contributed by atoms with van der Waals surface area (Å²) in [4.78, 5) is 15.0. The molecule has 0 radical (unpaired) electrons. The third kappa shape index (κ3) is 3.16. The van der Waals surface area contributed by atoms with Crippen LogP contribution in [0.1, 0.15) is 12.8 Å². The van der Waals surface area contributed by atoms with Crippen LogP contribution in [-0.2, 0) is 0 Å². The van der Waals surface area contributed by atoms with E-state index in [-0.39, 0.29) is 10.6 Å². The highest BCUT2D eigenvalue weighted by Crippen LogP contribution is 2.33. The number of hydrogen-bond donors (Lipinski definition) is 0. The molecule has 0 N–H and O–H groups in total. The van der Waals surface area contributed by atoms with Gasteiger partial charge in [-0.05, 0) is 39.1 Å². The van der Waals surface area contributed by atoms with Crippen molar-refractivity contribution in [3.05, 3.63) is 33.3 Å². The molecule has 0 saturated carbocycles. The number of anilines is 1. The maximum absolute atomic E-state index is 11.1. The molecule has 1 atom stereocenters. The molecule has 1 unspecified atom stereocenters. The van der Waals surface area contributed by atoms with Crippen molar-refractivity contribution in [3.63, 3.8) is 0 Å². The number of nitro benzene ring substituents is 1. The van der Waals surface area contributed by atoms with Crippen LogP contribution in [0.3, 0.4) is 0 Å². The zero-order chi connectivity index (χ0) is 14.0. The lowest BCUT2D eigenvalue weighted by Crippen LogP contribution is -2.45. The van der Waals surface area contributed by atoms with E-state index in [2.05, 4.69) is 9.80 Å². The van der Waals surface area contributed by atoms with Crippen molar-refractivity contribution in [1.82, 2.24) is 4.90 Å². The van der Waals surface area contributed by atoms with Crippen molar-refractivity contribution >= 4 is 23.0 Å². The molecule has 1 heterocycles. The highest BCUT2D eigenvalue weighted by molar-refractivity contribution is 6.30. The zero-order valence-electron chi connectivity index (χ0n) is 11.2. The number of rotatable bonds is 3. The Balaban J connectivity index is 2.28. The minimum Gasteiger partial charge on any atom is -0.364 e. The molecule has 104 valence electrons. The van der Waals surface area contributed by atoms with E-state index >= 15 is 0 Å². The molecule has 1 fully saturated rings. The lowest BCUT2D eigenvalue weighted by Gasteiger charge is -2.37. The van der Waals surface area contributed by atoms with Gasteiger partial charge in [0.05, 0.1) is 4.92 Å². The minimum absolute atomic E-state index is 0.0897. The number of halogens is 1. The molecule has 0 bridgehead atoms. The second-order valence-corrected chi connectivity index (χ2v) is 5.53. The predicted octanol–water partition coefficient (Wildman–Crippen LogP) is 2.78. The van der Waals surface area contributed by atoms with Crippen molar-refractivity contribution < 1.29 is 4.92 Å². The molecule has 0 amide bonds. The number of nitrogens with zero attached hydrogens (tertiary/aromatic N) is 3. The van der Waals surface area contributed by atoms with Crippen LogP contribution in [0, 0.1) is 10.1 Å². The second-order valence-electron chi connectivity index (χ2n) is 5.10.